The number of fused-ring (bicyclic) bond motifs is 1. The summed E-state index contributed by atoms with van der Waals surface area (Å²) in [6.07, 6.45) is 4.84. The van der Waals surface area contributed by atoms with Gasteiger partial charge >= 0.3 is 5.97 Å². The van der Waals surface area contributed by atoms with E-state index in [4.69, 9.17) is 9.47 Å². The van der Waals surface area contributed by atoms with Crippen LogP contribution in [0.5, 0.6) is 0 Å². The van der Waals surface area contributed by atoms with E-state index in [0.717, 1.165) is 16.8 Å². The van der Waals surface area contributed by atoms with Crippen LogP contribution in [0.2, 0.25) is 0 Å². The molecule has 1 N–H and O–H groups in total. The number of nitrogens with zero attached hydrogens (tertiary/aromatic N) is 2. The summed E-state index contributed by atoms with van der Waals surface area (Å²) in [7, 11) is 0. The van der Waals surface area contributed by atoms with Gasteiger partial charge in [-0.3, -0.25) is 14.4 Å². The lowest BCUT2D eigenvalue weighted by Crippen LogP contribution is -2.56. The van der Waals surface area contributed by atoms with Gasteiger partial charge in [-0.25, -0.2) is 0 Å². The fraction of sp³-hybridized carbons (Fsp3) is 0.536. The topological polar surface area (TPSA) is 96.4 Å². The Balaban J connectivity index is 1.77. The molecule has 3 saturated heterocycles. The minimum absolute atomic E-state index is 0.00468. The summed E-state index contributed by atoms with van der Waals surface area (Å²) in [6, 6.07) is 4.97. The zero-order valence-electron chi connectivity index (χ0n) is 21.2. The first-order valence-electron chi connectivity index (χ1n) is 12.7. The second kappa shape index (κ2) is 10.6. The highest BCUT2D eigenvalue weighted by Crippen LogP contribution is 2.59. The lowest BCUT2D eigenvalue weighted by molar-refractivity contribution is -0.154. The summed E-state index contributed by atoms with van der Waals surface area (Å²) < 4.78 is 11.8. The third kappa shape index (κ3) is 4.16. The van der Waals surface area contributed by atoms with E-state index in [1.54, 1.807) is 15.9 Å². The number of hydrogen-bond acceptors (Lipinski definition) is 6. The highest BCUT2D eigenvalue weighted by atomic mass is 16.6. The minimum atomic E-state index is -1.09. The highest BCUT2D eigenvalue weighted by Gasteiger charge is 2.75. The van der Waals surface area contributed by atoms with E-state index in [1.165, 1.54) is 6.08 Å². The molecule has 36 heavy (non-hydrogen) atoms. The van der Waals surface area contributed by atoms with Crippen LogP contribution in [-0.2, 0) is 23.9 Å². The first kappa shape index (κ1) is 26.1. The Labute approximate surface area is 212 Å². The van der Waals surface area contributed by atoms with Gasteiger partial charge in [-0.2, -0.15) is 0 Å². The number of carbonyl (C=O) groups is 3. The number of amides is 2. The number of esters is 1. The Kier molecular flexibility index (Phi) is 7.66. The van der Waals surface area contributed by atoms with Crippen molar-refractivity contribution < 1.29 is 29.0 Å². The van der Waals surface area contributed by atoms with Gasteiger partial charge in [0, 0.05) is 25.4 Å². The van der Waals surface area contributed by atoms with Crippen molar-refractivity contribution in [2.24, 2.45) is 11.8 Å². The number of anilines is 1. The third-order valence-corrected chi connectivity index (χ3v) is 7.74. The van der Waals surface area contributed by atoms with Gasteiger partial charge in [0.1, 0.15) is 18.2 Å². The molecule has 0 saturated carbocycles. The molecule has 3 aliphatic heterocycles. The fourth-order valence-corrected chi connectivity index (χ4v) is 6.37. The van der Waals surface area contributed by atoms with Gasteiger partial charge in [-0.15, -0.1) is 6.58 Å². The van der Waals surface area contributed by atoms with Crippen LogP contribution in [0, 0.1) is 25.7 Å². The molecule has 2 amide bonds. The van der Waals surface area contributed by atoms with Crippen LogP contribution in [0.4, 0.5) is 5.69 Å². The first-order valence-corrected chi connectivity index (χ1v) is 12.7. The fourth-order valence-electron chi connectivity index (χ4n) is 6.37. The molecular weight excluding hydrogens is 460 g/mol. The molecule has 5 atom stereocenters. The van der Waals surface area contributed by atoms with Crippen molar-refractivity contribution in [3.8, 4) is 0 Å². The Morgan fingerprint density at radius 3 is 2.61 bits per heavy atom. The molecule has 0 aromatic heterocycles. The van der Waals surface area contributed by atoms with Gasteiger partial charge < -0.3 is 24.4 Å². The summed E-state index contributed by atoms with van der Waals surface area (Å²) in [6.45, 7) is 12.0. The monoisotopic (exact) mass is 496 g/mol. The van der Waals surface area contributed by atoms with Crippen LogP contribution < -0.4 is 4.90 Å². The average Bonchev–Trinajstić information content (AvgIpc) is 3.49. The van der Waals surface area contributed by atoms with Gasteiger partial charge in [0.15, 0.2) is 0 Å². The zero-order valence-corrected chi connectivity index (χ0v) is 21.2. The second-order valence-electron chi connectivity index (χ2n) is 9.91. The SMILES string of the molecule is C=CCOC(=O)[C@@H]1[C@@H]2CCC3(O2)C(C(=O)N(CC=C)c2c(C)cccc2C)N(CCCCO)C(=O)[C@H]13. The van der Waals surface area contributed by atoms with Crippen LogP contribution >= 0.6 is 0 Å². The molecule has 3 fully saturated rings. The molecular formula is C28H36N2O6. The number of aliphatic hydroxyl groups is 1. The summed E-state index contributed by atoms with van der Waals surface area (Å²) in [4.78, 5) is 44.6. The number of unbranched alkanes of at least 4 members (excludes halogenated alkanes) is 1. The van der Waals surface area contributed by atoms with E-state index in [2.05, 4.69) is 13.2 Å². The number of likely N-dealkylation sites (tertiary alicyclic amines) is 1. The lowest BCUT2D eigenvalue weighted by atomic mass is 9.70. The predicted octanol–water partition coefficient (Wildman–Crippen LogP) is 2.70. The maximum atomic E-state index is 14.4. The van der Waals surface area contributed by atoms with E-state index in [1.807, 2.05) is 32.0 Å². The molecule has 1 aromatic carbocycles. The van der Waals surface area contributed by atoms with Crippen molar-refractivity contribution in [3.63, 3.8) is 0 Å². The number of aliphatic hydroxyl groups excluding tert-OH is 1. The van der Waals surface area contributed by atoms with Crippen LogP contribution in [0.25, 0.3) is 0 Å². The number of carbonyl (C=O) groups excluding carboxylic acids is 3. The highest BCUT2D eigenvalue weighted by molar-refractivity contribution is 6.05. The molecule has 1 aromatic rings. The molecule has 1 spiro atoms. The Hall–Kier alpha value is -2.97. The van der Waals surface area contributed by atoms with Gasteiger partial charge in [-0.1, -0.05) is 36.9 Å². The van der Waals surface area contributed by atoms with Crippen molar-refractivity contribution in [2.45, 2.75) is 57.3 Å². The van der Waals surface area contributed by atoms with E-state index in [9.17, 15) is 19.5 Å². The van der Waals surface area contributed by atoms with Crippen LogP contribution in [0.1, 0.15) is 36.8 Å². The number of hydrogen-bond donors (Lipinski definition) is 1. The minimum Gasteiger partial charge on any atom is -0.461 e. The van der Waals surface area contributed by atoms with E-state index in [0.29, 0.717) is 32.2 Å². The lowest BCUT2D eigenvalue weighted by Gasteiger charge is -2.37. The van der Waals surface area contributed by atoms with Crippen molar-refractivity contribution in [1.29, 1.82) is 0 Å². The van der Waals surface area contributed by atoms with Gasteiger partial charge in [0.2, 0.25) is 5.91 Å². The molecule has 3 aliphatic rings. The average molecular weight is 497 g/mol. The number of para-hydroxylation sites is 1. The molecule has 2 bridgehead atoms. The number of rotatable bonds is 11. The Morgan fingerprint density at radius 2 is 1.97 bits per heavy atom. The molecule has 194 valence electrons. The second-order valence-corrected chi connectivity index (χ2v) is 9.91. The predicted molar refractivity (Wildman–Crippen MR) is 135 cm³/mol. The normalized spacial score (nSPS) is 28.2. The molecule has 0 aliphatic carbocycles. The summed E-state index contributed by atoms with van der Waals surface area (Å²) >= 11 is 0. The standard InChI is InChI=1S/C28H36N2O6/c1-5-14-29(23-18(3)10-9-11-19(23)4)26(33)24-28-13-12-20(36-28)21(27(34)35-17-6-2)22(28)25(32)30(24)15-7-8-16-31/h5-6,9-11,20-22,24,31H,1-2,7-8,12-17H2,3-4H3/t20-,21+,22-,24?,28?/m0/s1. The van der Waals surface area contributed by atoms with Gasteiger partial charge in [0.05, 0.1) is 17.9 Å². The van der Waals surface area contributed by atoms with Crippen molar-refractivity contribution in [1.82, 2.24) is 4.90 Å². The molecule has 8 heteroatoms. The molecule has 4 rings (SSSR count). The van der Waals surface area contributed by atoms with E-state index < -0.39 is 35.6 Å². The van der Waals surface area contributed by atoms with E-state index >= 15 is 0 Å². The quantitative estimate of drug-likeness (QED) is 0.288. The maximum absolute atomic E-state index is 14.4. The maximum Gasteiger partial charge on any atom is 0.312 e. The summed E-state index contributed by atoms with van der Waals surface area (Å²) in [5, 5.41) is 9.33. The summed E-state index contributed by atoms with van der Waals surface area (Å²) in [5.41, 5.74) is 1.58. The first-order chi connectivity index (χ1) is 17.3. The number of ether oxygens (including phenoxy) is 2. The largest absolute Gasteiger partial charge is 0.461 e. The van der Waals surface area contributed by atoms with E-state index in [-0.39, 0.29) is 31.6 Å². The van der Waals surface area contributed by atoms with Crippen molar-refractivity contribution >= 4 is 23.5 Å². The molecule has 0 radical (unpaired) electrons. The van der Waals surface area contributed by atoms with Gasteiger partial charge in [-0.05, 0) is 50.7 Å². The van der Waals surface area contributed by atoms with Crippen molar-refractivity contribution in [2.75, 3.05) is 31.2 Å². The molecule has 3 heterocycles. The Bertz CT molecular complexity index is 1030. The molecule has 8 nitrogen and oxygen atoms in total. The molecule has 2 unspecified atom stereocenters. The smallest absolute Gasteiger partial charge is 0.312 e. The zero-order chi connectivity index (χ0) is 26.0. The van der Waals surface area contributed by atoms with Crippen LogP contribution in [-0.4, -0.2) is 71.8 Å². The number of aryl methyl sites for hydroxylation is 2. The van der Waals surface area contributed by atoms with Crippen LogP contribution in [0.15, 0.2) is 43.5 Å². The number of benzene rings is 1. The summed E-state index contributed by atoms with van der Waals surface area (Å²) in [5.74, 6) is -2.51. The Morgan fingerprint density at radius 1 is 1.25 bits per heavy atom. The van der Waals surface area contributed by atoms with Crippen LogP contribution in [0.3, 0.4) is 0 Å². The third-order valence-electron chi connectivity index (χ3n) is 7.74. The van der Waals surface area contributed by atoms with Gasteiger partial charge in [0.25, 0.3) is 5.91 Å². The van der Waals surface area contributed by atoms with Crippen molar-refractivity contribution in [3.05, 3.63) is 54.6 Å².